The highest BCUT2D eigenvalue weighted by atomic mass is 32.2. The van der Waals surface area contributed by atoms with Crippen molar-refractivity contribution in [1.82, 2.24) is 10.2 Å². The molecule has 1 aromatic rings. The third-order valence-corrected chi connectivity index (χ3v) is 4.27. The minimum absolute atomic E-state index is 0.0578. The van der Waals surface area contributed by atoms with Gasteiger partial charge < -0.3 is 4.90 Å². The van der Waals surface area contributed by atoms with Crippen molar-refractivity contribution >= 4 is 17.7 Å². The molecule has 1 heterocycles. The molecule has 2 unspecified atom stereocenters. The molecule has 0 saturated carbocycles. The third-order valence-electron chi connectivity index (χ3n) is 3.57. The van der Waals surface area contributed by atoms with Gasteiger partial charge in [0.15, 0.2) is 0 Å². The monoisotopic (exact) mass is 296 g/mol. The molecule has 1 aliphatic heterocycles. The summed E-state index contributed by atoms with van der Waals surface area (Å²) in [5, 5.41) is 3.18. The fourth-order valence-electron chi connectivity index (χ4n) is 2.50. The van der Waals surface area contributed by atoms with Gasteiger partial charge in [-0.15, -0.1) is 0 Å². The van der Waals surface area contributed by atoms with Crippen LogP contribution in [0.25, 0.3) is 0 Å². The second-order valence-corrected chi connectivity index (χ2v) is 6.03. The molecular formula is C15H21FN2OS. The maximum absolute atomic E-state index is 13.9. The molecular weight excluding hydrogens is 275 g/mol. The number of hydrogen-bond acceptors (Lipinski definition) is 3. The number of nitrogens with zero attached hydrogens (tertiary/aromatic N) is 1. The Morgan fingerprint density at radius 2 is 2.10 bits per heavy atom. The van der Waals surface area contributed by atoms with E-state index in [2.05, 4.69) is 11.6 Å². The van der Waals surface area contributed by atoms with E-state index in [0.717, 1.165) is 18.6 Å². The van der Waals surface area contributed by atoms with E-state index in [4.69, 9.17) is 0 Å². The molecule has 2 rings (SSSR count). The zero-order valence-electron chi connectivity index (χ0n) is 11.9. The lowest BCUT2D eigenvalue weighted by molar-refractivity contribution is -0.129. The Morgan fingerprint density at radius 3 is 2.80 bits per heavy atom. The minimum atomic E-state index is -0.340. The predicted octanol–water partition coefficient (Wildman–Crippen LogP) is 2.79. The normalized spacial score (nSPS) is 22.6. The molecule has 1 N–H and O–H groups in total. The predicted molar refractivity (Wildman–Crippen MR) is 81.1 cm³/mol. The second kappa shape index (κ2) is 7.09. The Hall–Kier alpha value is -1.07. The Labute approximate surface area is 123 Å². The summed E-state index contributed by atoms with van der Waals surface area (Å²) >= 11 is 1.81. The molecule has 1 aliphatic rings. The van der Waals surface area contributed by atoms with Gasteiger partial charge in [0.25, 0.3) is 0 Å². The van der Waals surface area contributed by atoms with Crippen molar-refractivity contribution < 1.29 is 9.18 Å². The van der Waals surface area contributed by atoms with Gasteiger partial charge in [-0.05, 0) is 37.8 Å². The second-order valence-electron chi connectivity index (χ2n) is 5.04. The number of amides is 1. The topological polar surface area (TPSA) is 32.3 Å². The van der Waals surface area contributed by atoms with Crippen molar-refractivity contribution in [2.75, 3.05) is 18.6 Å². The Bertz CT molecular complexity index is 469. The van der Waals surface area contributed by atoms with Crippen LogP contribution in [0.2, 0.25) is 0 Å². The smallest absolute Gasteiger partial charge is 0.241 e. The van der Waals surface area contributed by atoms with Crippen LogP contribution in [-0.4, -0.2) is 35.4 Å². The van der Waals surface area contributed by atoms with E-state index < -0.39 is 0 Å². The van der Waals surface area contributed by atoms with Crippen molar-refractivity contribution in [3.8, 4) is 0 Å². The van der Waals surface area contributed by atoms with Crippen molar-refractivity contribution in [3.05, 3.63) is 35.6 Å². The van der Waals surface area contributed by atoms with E-state index in [9.17, 15) is 9.18 Å². The molecule has 0 aromatic heterocycles. The Morgan fingerprint density at radius 1 is 1.35 bits per heavy atom. The number of unbranched alkanes of at least 4 members (excludes halogenated alkanes) is 1. The van der Waals surface area contributed by atoms with Crippen LogP contribution in [0.15, 0.2) is 24.3 Å². The maximum atomic E-state index is 13.9. The van der Waals surface area contributed by atoms with E-state index in [1.807, 2.05) is 6.92 Å². The average Bonchev–Trinajstić information content (AvgIpc) is 2.72. The lowest BCUT2D eigenvalue weighted by Gasteiger charge is -2.24. The van der Waals surface area contributed by atoms with E-state index >= 15 is 0 Å². The number of carbonyl (C=O) groups excluding carboxylic acids is 1. The first-order chi connectivity index (χ1) is 9.65. The molecule has 1 amide bonds. The van der Waals surface area contributed by atoms with Gasteiger partial charge in [-0.1, -0.05) is 18.2 Å². The molecule has 3 nitrogen and oxygen atoms in total. The van der Waals surface area contributed by atoms with Gasteiger partial charge in [0.2, 0.25) is 5.91 Å². The number of halogens is 1. The molecule has 1 aromatic carbocycles. The van der Waals surface area contributed by atoms with Crippen molar-refractivity contribution in [1.29, 1.82) is 0 Å². The van der Waals surface area contributed by atoms with Crippen LogP contribution < -0.4 is 5.32 Å². The lowest BCUT2D eigenvalue weighted by atomic mass is 10.1. The zero-order chi connectivity index (χ0) is 14.5. The summed E-state index contributed by atoms with van der Waals surface area (Å²) < 4.78 is 13.9. The molecule has 2 atom stereocenters. The Balaban J connectivity index is 2.10. The number of carbonyl (C=O) groups is 1. The van der Waals surface area contributed by atoms with Crippen LogP contribution in [0.5, 0.6) is 0 Å². The van der Waals surface area contributed by atoms with Crippen molar-refractivity contribution in [3.63, 3.8) is 0 Å². The first kappa shape index (κ1) is 15.3. The highest BCUT2D eigenvalue weighted by Gasteiger charge is 2.37. The summed E-state index contributed by atoms with van der Waals surface area (Å²) in [6.07, 6.45) is 3.76. The van der Waals surface area contributed by atoms with Gasteiger partial charge in [0, 0.05) is 12.1 Å². The van der Waals surface area contributed by atoms with E-state index in [1.54, 1.807) is 34.9 Å². The molecule has 0 radical (unpaired) electrons. The number of hydrogen-bond donors (Lipinski definition) is 1. The molecule has 20 heavy (non-hydrogen) atoms. The zero-order valence-corrected chi connectivity index (χ0v) is 12.8. The fraction of sp³-hybridized carbons (Fsp3) is 0.533. The number of benzene rings is 1. The first-order valence-electron chi connectivity index (χ1n) is 6.95. The molecule has 0 aliphatic carbocycles. The summed E-state index contributed by atoms with van der Waals surface area (Å²) in [5.74, 6) is 0.887. The SMILES string of the molecule is CSCCCCN1C(=O)C(C)NC1c1ccccc1F. The summed E-state index contributed by atoms with van der Waals surface area (Å²) in [5.41, 5.74) is 0.551. The third kappa shape index (κ3) is 3.33. The highest BCUT2D eigenvalue weighted by molar-refractivity contribution is 7.98. The molecule has 1 fully saturated rings. The Kier molecular flexibility index (Phi) is 5.43. The summed E-state index contributed by atoms with van der Waals surface area (Å²) in [6.45, 7) is 2.51. The maximum Gasteiger partial charge on any atom is 0.241 e. The van der Waals surface area contributed by atoms with Crippen molar-refractivity contribution in [2.24, 2.45) is 0 Å². The van der Waals surface area contributed by atoms with Crippen LogP contribution in [0.3, 0.4) is 0 Å². The first-order valence-corrected chi connectivity index (χ1v) is 8.34. The van der Waals surface area contributed by atoms with Gasteiger partial charge in [0.1, 0.15) is 12.0 Å². The molecule has 0 spiro atoms. The van der Waals surface area contributed by atoms with Crippen LogP contribution in [0.4, 0.5) is 4.39 Å². The quantitative estimate of drug-likeness (QED) is 0.819. The van der Waals surface area contributed by atoms with Crippen LogP contribution >= 0.6 is 11.8 Å². The molecule has 110 valence electrons. The number of rotatable bonds is 6. The fourth-order valence-corrected chi connectivity index (χ4v) is 2.99. The largest absolute Gasteiger partial charge is 0.321 e. The minimum Gasteiger partial charge on any atom is -0.321 e. The highest BCUT2D eigenvalue weighted by Crippen LogP contribution is 2.27. The number of thioether (sulfide) groups is 1. The van der Waals surface area contributed by atoms with E-state index in [1.165, 1.54) is 6.07 Å². The van der Waals surface area contributed by atoms with Crippen molar-refractivity contribution in [2.45, 2.75) is 32.0 Å². The van der Waals surface area contributed by atoms with Crippen LogP contribution in [0.1, 0.15) is 31.5 Å². The van der Waals surface area contributed by atoms with Gasteiger partial charge in [-0.3, -0.25) is 10.1 Å². The standard InChI is InChI=1S/C15H21FN2OS/c1-11-15(19)18(9-5-6-10-20-2)14(17-11)12-7-3-4-8-13(12)16/h3-4,7-8,11,14,17H,5-6,9-10H2,1-2H3. The van der Waals surface area contributed by atoms with Crippen LogP contribution in [0, 0.1) is 5.82 Å². The molecule has 1 saturated heterocycles. The van der Waals surface area contributed by atoms with Gasteiger partial charge in [-0.25, -0.2) is 4.39 Å². The van der Waals surface area contributed by atoms with E-state index in [0.29, 0.717) is 12.1 Å². The van der Waals surface area contributed by atoms with Gasteiger partial charge >= 0.3 is 0 Å². The summed E-state index contributed by atoms with van der Waals surface area (Å²) in [7, 11) is 0. The molecule has 0 bridgehead atoms. The number of nitrogens with one attached hydrogen (secondary N) is 1. The average molecular weight is 296 g/mol. The lowest BCUT2D eigenvalue weighted by Crippen LogP contribution is -2.32. The molecule has 5 heteroatoms. The van der Waals surface area contributed by atoms with Crippen LogP contribution in [-0.2, 0) is 4.79 Å². The summed E-state index contributed by atoms with van der Waals surface area (Å²) in [6, 6.07) is 6.41. The van der Waals surface area contributed by atoms with Gasteiger partial charge in [0.05, 0.1) is 6.04 Å². The van der Waals surface area contributed by atoms with Gasteiger partial charge in [-0.2, -0.15) is 11.8 Å². The summed E-state index contributed by atoms with van der Waals surface area (Å²) in [4.78, 5) is 14.0. The van der Waals surface area contributed by atoms with E-state index in [-0.39, 0.29) is 23.9 Å².